The van der Waals surface area contributed by atoms with Crippen LogP contribution in [0.1, 0.15) is 52.4 Å². The average molecular weight is 237 g/mol. The summed E-state index contributed by atoms with van der Waals surface area (Å²) in [5, 5.41) is 9.63. The lowest BCUT2D eigenvalue weighted by atomic mass is 10.1. The summed E-state index contributed by atoms with van der Waals surface area (Å²) in [5.41, 5.74) is 0. The Labute approximate surface area is 84.7 Å². The van der Waals surface area contributed by atoms with E-state index in [0.717, 1.165) is 19.3 Å². The number of halogens is 1. The van der Waals surface area contributed by atoms with E-state index in [2.05, 4.69) is 29.8 Å². The van der Waals surface area contributed by atoms with Gasteiger partial charge in [-0.3, -0.25) is 0 Å². The van der Waals surface area contributed by atoms with Crippen LogP contribution in [0.4, 0.5) is 0 Å². The van der Waals surface area contributed by atoms with Gasteiger partial charge in [-0.05, 0) is 12.8 Å². The molecule has 0 aliphatic carbocycles. The van der Waals surface area contributed by atoms with Gasteiger partial charge in [0.2, 0.25) is 0 Å². The standard InChI is InChI=1S/C10H21BrO/c1-3-5-7-9(11)10(12)8-6-4-2/h9-10,12H,3-8H2,1-2H3. The van der Waals surface area contributed by atoms with Crippen molar-refractivity contribution in [2.24, 2.45) is 0 Å². The molecule has 2 heteroatoms. The molecule has 0 radical (unpaired) electrons. The molecular weight excluding hydrogens is 216 g/mol. The molecule has 2 atom stereocenters. The van der Waals surface area contributed by atoms with Crippen molar-refractivity contribution < 1.29 is 5.11 Å². The summed E-state index contributed by atoms with van der Waals surface area (Å²) in [7, 11) is 0. The first kappa shape index (κ1) is 12.4. The normalized spacial score (nSPS) is 16.0. The zero-order valence-electron chi connectivity index (χ0n) is 8.22. The number of unbranched alkanes of at least 4 members (excludes halogenated alkanes) is 2. The minimum Gasteiger partial charge on any atom is -0.392 e. The highest BCUT2D eigenvalue weighted by Crippen LogP contribution is 2.17. The van der Waals surface area contributed by atoms with Gasteiger partial charge in [0.25, 0.3) is 0 Å². The van der Waals surface area contributed by atoms with Crippen molar-refractivity contribution in [3.63, 3.8) is 0 Å². The lowest BCUT2D eigenvalue weighted by molar-refractivity contribution is 0.156. The fourth-order valence-electron chi connectivity index (χ4n) is 1.19. The summed E-state index contributed by atoms with van der Waals surface area (Å²) >= 11 is 3.52. The van der Waals surface area contributed by atoms with E-state index in [9.17, 15) is 5.11 Å². The first-order valence-electron chi connectivity index (χ1n) is 5.04. The summed E-state index contributed by atoms with van der Waals surface area (Å²) in [6.45, 7) is 4.33. The number of hydrogen-bond acceptors (Lipinski definition) is 1. The van der Waals surface area contributed by atoms with E-state index in [-0.39, 0.29) is 6.10 Å². The van der Waals surface area contributed by atoms with Gasteiger partial charge in [-0.25, -0.2) is 0 Å². The molecule has 0 fully saturated rings. The van der Waals surface area contributed by atoms with Gasteiger partial charge in [-0.2, -0.15) is 0 Å². The van der Waals surface area contributed by atoms with Crippen LogP contribution in [0.3, 0.4) is 0 Å². The SMILES string of the molecule is CCCCC(O)C(Br)CCCC. The van der Waals surface area contributed by atoms with Gasteiger partial charge in [0.05, 0.1) is 6.10 Å². The fourth-order valence-corrected chi connectivity index (χ4v) is 1.77. The molecule has 0 saturated carbocycles. The van der Waals surface area contributed by atoms with Crippen molar-refractivity contribution in [3.05, 3.63) is 0 Å². The Bertz CT molecular complexity index is 83.8. The van der Waals surface area contributed by atoms with Crippen LogP contribution in [-0.4, -0.2) is 16.0 Å². The van der Waals surface area contributed by atoms with E-state index in [1.165, 1.54) is 19.3 Å². The molecule has 0 rings (SSSR count). The number of hydrogen-bond donors (Lipinski definition) is 1. The van der Waals surface area contributed by atoms with E-state index in [1.807, 2.05) is 0 Å². The molecule has 0 aromatic rings. The minimum absolute atomic E-state index is 0.142. The highest BCUT2D eigenvalue weighted by Gasteiger charge is 2.13. The van der Waals surface area contributed by atoms with Gasteiger partial charge in [-0.1, -0.05) is 55.5 Å². The van der Waals surface area contributed by atoms with Crippen molar-refractivity contribution in [3.8, 4) is 0 Å². The molecule has 0 aromatic carbocycles. The number of rotatable bonds is 7. The minimum atomic E-state index is -0.142. The molecule has 0 bridgehead atoms. The molecule has 74 valence electrons. The summed E-state index contributed by atoms with van der Waals surface area (Å²) in [6, 6.07) is 0. The van der Waals surface area contributed by atoms with Crippen LogP contribution < -0.4 is 0 Å². The quantitative estimate of drug-likeness (QED) is 0.672. The molecule has 12 heavy (non-hydrogen) atoms. The molecule has 1 N–H and O–H groups in total. The maximum Gasteiger partial charge on any atom is 0.0665 e. The van der Waals surface area contributed by atoms with Crippen LogP contribution in [0.5, 0.6) is 0 Å². The zero-order chi connectivity index (χ0) is 9.40. The molecule has 0 heterocycles. The first-order chi connectivity index (χ1) is 5.72. The van der Waals surface area contributed by atoms with Crippen molar-refractivity contribution in [2.45, 2.75) is 63.3 Å². The largest absolute Gasteiger partial charge is 0.392 e. The van der Waals surface area contributed by atoms with Crippen LogP contribution in [0.15, 0.2) is 0 Å². The summed E-state index contributed by atoms with van der Waals surface area (Å²) in [5.74, 6) is 0. The van der Waals surface area contributed by atoms with Crippen LogP contribution in [0.2, 0.25) is 0 Å². The van der Waals surface area contributed by atoms with Gasteiger partial charge in [0, 0.05) is 4.83 Å². The van der Waals surface area contributed by atoms with Gasteiger partial charge < -0.3 is 5.11 Å². The molecule has 0 aliphatic rings. The Morgan fingerprint density at radius 1 is 1.08 bits per heavy atom. The van der Waals surface area contributed by atoms with Gasteiger partial charge in [0.1, 0.15) is 0 Å². The molecule has 0 aromatic heterocycles. The highest BCUT2D eigenvalue weighted by molar-refractivity contribution is 9.09. The topological polar surface area (TPSA) is 20.2 Å². The highest BCUT2D eigenvalue weighted by atomic mass is 79.9. The Balaban J connectivity index is 3.39. The first-order valence-corrected chi connectivity index (χ1v) is 5.96. The van der Waals surface area contributed by atoms with E-state index in [0.29, 0.717) is 4.83 Å². The Morgan fingerprint density at radius 3 is 2.08 bits per heavy atom. The molecule has 0 amide bonds. The number of aliphatic hydroxyl groups is 1. The lowest BCUT2D eigenvalue weighted by Gasteiger charge is -2.16. The number of aliphatic hydroxyl groups excluding tert-OH is 1. The maximum atomic E-state index is 9.63. The Morgan fingerprint density at radius 2 is 1.58 bits per heavy atom. The second-order valence-electron chi connectivity index (χ2n) is 3.37. The fraction of sp³-hybridized carbons (Fsp3) is 1.00. The van der Waals surface area contributed by atoms with Crippen LogP contribution >= 0.6 is 15.9 Å². The van der Waals surface area contributed by atoms with Crippen LogP contribution in [0.25, 0.3) is 0 Å². The third-order valence-electron chi connectivity index (χ3n) is 2.10. The monoisotopic (exact) mass is 236 g/mol. The second kappa shape index (κ2) is 8.06. The van der Waals surface area contributed by atoms with Crippen LogP contribution in [-0.2, 0) is 0 Å². The summed E-state index contributed by atoms with van der Waals surface area (Å²) < 4.78 is 0. The van der Waals surface area contributed by atoms with Gasteiger partial charge >= 0.3 is 0 Å². The van der Waals surface area contributed by atoms with E-state index < -0.39 is 0 Å². The second-order valence-corrected chi connectivity index (χ2v) is 4.54. The smallest absolute Gasteiger partial charge is 0.0665 e. The maximum absolute atomic E-state index is 9.63. The lowest BCUT2D eigenvalue weighted by Crippen LogP contribution is -2.19. The number of alkyl halides is 1. The predicted octanol–water partition coefficient (Wildman–Crippen LogP) is 3.49. The average Bonchev–Trinajstić information content (AvgIpc) is 2.10. The van der Waals surface area contributed by atoms with Gasteiger partial charge in [0.15, 0.2) is 0 Å². The molecule has 1 nitrogen and oxygen atoms in total. The van der Waals surface area contributed by atoms with Gasteiger partial charge in [-0.15, -0.1) is 0 Å². The third-order valence-corrected chi connectivity index (χ3v) is 3.17. The van der Waals surface area contributed by atoms with E-state index in [1.54, 1.807) is 0 Å². The zero-order valence-corrected chi connectivity index (χ0v) is 9.81. The molecule has 0 aliphatic heterocycles. The predicted molar refractivity (Wildman–Crippen MR) is 57.8 cm³/mol. The molecular formula is C10H21BrO. The van der Waals surface area contributed by atoms with Crippen molar-refractivity contribution in [1.82, 2.24) is 0 Å². The van der Waals surface area contributed by atoms with Crippen molar-refractivity contribution in [1.29, 1.82) is 0 Å². The Kier molecular flexibility index (Phi) is 8.35. The summed E-state index contributed by atoms with van der Waals surface area (Å²) in [4.78, 5) is 0.309. The van der Waals surface area contributed by atoms with E-state index >= 15 is 0 Å². The Hall–Kier alpha value is 0.440. The molecule has 0 spiro atoms. The molecule has 0 saturated heterocycles. The molecule has 2 unspecified atom stereocenters. The van der Waals surface area contributed by atoms with Crippen LogP contribution in [0, 0.1) is 0 Å². The van der Waals surface area contributed by atoms with E-state index in [4.69, 9.17) is 0 Å². The summed E-state index contributed by atoms with van der Waals surface area (Å²) in [6.07, 6.45) is 6.62. The van der Waals surface area contributed by atoms with Crippen molar-refractivity contribution in [2.75, 3.05) is 0 Å². The third kappa shape index (κ3) is 6.01. The van der Waals surface area contributed by atoms with Crippen molar-refractivity contribution >= 4 is 15.9 Å².